The SMILES string of the molecule is CCc1c(C(=O)NCc2ccc(F)c(CO)c2)[nH]c(C)c1C(C)=O. The zero-order valence-electron chi connectivity index (χ0n) is 14.0. The van der Waals surface area contributed by atoms with Gasteiger partial charge in [0.05, 0.1) is 6.61 Å². The van der Waals surface area contributed by atoms with E-state index < -0.39 is 12.4 Å². The molecule has 1 aromatic heterocycles. The van der Waals surface area contributed by atoms with Gasteiger partial charge in [0, 0.05) is 23.4 Å². The Hall–Kier alpha value is -2.47. The molecular weight excluding hydrogens is 311 g/mol. The van der Waals surface area contributed by atoms with Crippen molar-refractivity contribution >= 4 is 11.7 Å². The molecule has 0 saturated heterocycles. The van der Waals surface area contributed by atoms with Crippen molar-refractivity contribution in [2.45, 2.75) is 40.3 Å². The monoisotopic (exact) mass is 332 g/mol. The lowest BCUT2D eigenvalue weighted by atomic mass is 10.0. The summed E-state index contributed by atoms with van der Waals surface area (Å²) in [7, 11) is 0. The number of aromatic amines is 1. The summed E-state index contributed by atoms with van der Waals surface area (Å²) in [6, 6.07) is 4.32. The van der Waals surface area contributed by atoms with Crippen LogP contribution in [0.2, 0.25) is 0 Å². The minimum absolute atomic E-state index is 0.0780. The van der Waals surface area contributed by atoms with Crippen molar-refractivity contribution < 1.29 is 19.1 Å². The second-order valence-electron chi connectivity index (χ2n) is 5.65. The average Bonchev–Trinajstić information content (AvgIpc) is 2.90. The summed E-state index contributed by atoms with van der Waals surface area (Å²) in [6.45, 7) is 4.93. The molecule has 0 radical (unpaired) electrons. The first-order valence-electron chi connectivity index (χ1n) is 7.77. The third kappa shape index (κ3) is 3.54. The van der Waals surface area contributed by atoms with Crippen LogP contribution in [0.4, 0.5) is 4.39 Å². The Morgan fingerprint density at radius 1 is 1.33 bits per heavy atom. The van der Waals surface area contributed by atoms with Gasteiger partial charge in [-0.15, -0.1) is 0 Å². The number of nitrogens with one attached hydrogen (secondary N) is 2. The number of aliphatic hydroxyl groups excluding tert-OH is 1. The molecule has 0 unspecified atom stereocenters. The highest BCUT2D eigenvalue weighted by molar-refractivity contribution is 6.02. The predicted octanol–water partition coefficient (Wildman–Crippen LogP) is 2.65. The number of rotatable bonds is 6. The first kappa shape index (κ1) is 17.9. The Morgan fingerprint density at radius 3 is 2.62 bits per heavy atom. The zero-order chi connectivity index (χ0) is 17.9. The molecule has 2 aromatic rings. The standard InChI is InChI=1S/C18H21FN2O3/c1-4-14-16(11(3)23)10(2)21-17(14)18(24)20-8-12-5-6-15(19)13(7-12)9-22/h5-7,21-22H,4,8-9H2,1-3H3,(H,20,24). The van der Waals surface area contributed by atoms with Crippen molar-refractivity contribution in [1.29, 1.82) is 0 Å². The Balaban J connectivity index is 2.19. The maximum atomic E-state index is 13.4. The first-order chi connectivity index (χ1) is 11.4. The Morgan fingerprint density at radius 2 is 2.04 bits per heavy atom. The largest absolute Gasteiger partial charge is 0.392 e. The maximum absolute atomic E-state index is 13.4. The van der Waals surface area contributed by atoms with E-state index in [2.05, 4.69) is 10.3 Å². The summed E-state index contributed by atoms with van der Waals surface area (Å²) in [5, 5.41) is 11.8. The number of carbonyl (C=O) groups excluding carboxylic acids is 2. The normalized spacial score (nSPS) is 10.7. The molecule has 0 atom stereocenters. The van der Waals surface area contributed by atoms with Gasteiger partial charge in [-0.25, -0.2) is 4.39 Å². The molecule has 1 amide bonds. The number of aromatic nitrogens is 1. The van der Waals surface area contributed by atoms with Crippen molar-refractivity contribution in [2.75, 3.05) is 0 Å². The fourth-order valence-electron chi connectivity index (χ4n) is 2.83. The summed E-state index contributed by atoms with van der Waals surface area (Å²) in [5.74, 6) is -0.880. The second kappa shape index (κ2) is 7.40. The van der Waals surface area contributed by atoms with E-state index in [1.54, 1.807) is 13.0 Å². The van der Waals surface area contributed by atoms with E-state index in [-0.39, 0.29) is 23.8 Å². The molecule has 24 heavy (non-hydrogen) atoms. The van der Waals surface area contributed by atoms with Crippen LogP contribution in [0.3, 0.4) is 0 Å². The van der Waals surface area contributed by atoms with Crippen LogP contribution in [-0.4, -0.2) is 21.8 Å². The molecule has 3 N–H and O–H groups in total. The van der Waals surface area contributed by atoms with Crippen LogP contribution in [0.25, 0.3) is 0 Å². The molecular formula is C18H21FN2O3. The van der Waals surface area contributed by atoms with E-state index in [0.717, 1.165) is 0 Å². The lowest BCUT2D eigenvalue weighted by molar-refractivity contribution is 0.0945. The predicted molar refractivity (Wildman–Crippen MR) is 88.4 cm³/mol. The van der Waals surface area contributed by atoms with Gasteiger partial charge in [0.2, 0.25) is 0 Å². The number of benzene rings is 1. The van der Waals surface area contributed by atoms with Gasteiger partial charge in [-0.3, -0.25) is 9.59 Å². The van der Waals surface area contributed by atoms with E-state index >= 15 is 0 Å². The topological polar surface area (TPSA) is 82.2 Å². The molecule has 2 rings (SSSR count). The third-order valence-corrected chi connectivity index (χ3v) is 3.96. The molecule has 0 aliphatic carbocycles. The Kier molecular flexibility index (Phi) is 5.51. The smallest absolute Gasteiger partial charge is 0.268 e. The number of Topliss-reactive ketones (excluding diaryl/α,β-unsaturated/α-hetero) is 1. The minimum Gasteiger partial charge on any atom is -0.392 e. The average molecular weight is 332 g/mol. The number of halogens is 1. The number of ketones is 1. The van der Waals surface area contributed by atoms with Crippen molar-refractivity contribution in [3.05, 3.63) is 57.7 Å². The van der Waals surface area contributed by atoms with Gasteiger partial charge in [0.1, 0.15) is 11.5 Å². The molecule has 0 fully saturated rings. The van der Waals surface area contributed by atoms with Crippen molar-refractivity contribution in [3.63, 3.8) is 0 Å². The highest BCUT2D eigenvalue weighted by atomic mass is 19.1. The summed E-state index contributed by atoms with van der Waals surface area (Å²) >= 11 is 0. The highest BCUT2D eigenvalue weighted by Gasteiger charge is 2.21. The maximum Gasteiger partial charge on any atom is 0.268 e. The van der Waals surface area contributed by atoms with Crippen LogP contribution in [0.1, 0.15) is 57.1 Å². The van der Waals surface area contributed by atoms with E-state index in [4.69, 9.17) is 5.11 Å². The van der Waals surface area contributed by atoms with E-state index in [1.807, 2.05) is 6.92 Å². The molecule has 128 valence electrons. The van der Waals surface area contributed by atoms with Gasteiger partial charge < -0.3 is 15.4 Å². The van der Waals surface area contributed by atoms with Crippen LogP contribution >= 0.6 is 0 Å². The molecule has 0 aliphatic heterocycles. The number of aryl methyl sites for hydroxylation is 1. The molecule has 0 bridgehead atoms. The summed E-state index contributed by atoms with van der Waals surface area (Å²) in [5.41, 5.74) is 3.19. The first-order valence-corrected chi connectivity index (χ1v) is 7.77. The fourth-order valence-corrected chi connectivity index (χ4v) is 2.83. The number of hydrogen-bond donors (Lipinski definition) is 3. The molecule has 5 nitrogen and oxygen atoms in total. The van der Waals surface area contributed by atoms with Crippen LogP contribution in [0.5, 0.6) is 0 Å². The lowest BCUT2D eigenvalue weighted by Gasteiger charge is -2.08. The minimum atomic E-state index is -0.480. The molecule has 1 aromatic carbocycles. The molecule has 0 spiro atoms. The fraction of sp³-hybridized carbons (Fsp3) is 0.333. The van der Waals surface area contributed by atoms with Crippen LogP contribution in [0.15, 0.2) is 18.2 Å². The quantitative estimate of drug-likeness (QED) is 0.711. The number of carbonyl (C=O) groups is 2. The van der Waals surface area contributed by atoms with Crippen molar-refractivity contribution in [1.82, 2.24) is 10.3 Å². The van der Waals surface area contributed by atoms with E-state index in [9.17, 15) is 14.0 Å². The van der Waals surface area contributed by atoms with Crippen LogP contribution in [-0.2, 0) is 19.6 Å². The highest BCUT2D eigenvalue weighted by Crippen LogP contribution is 2.20. The van der Waals surface area contributed by atoms with Gasteiger partial charge in [-0.05, 0) is 43.5 Å². The Bertz CT molecular complexity index is 781. The second-order valence-corrected chi connectivity index (χ2v) is 5.65. The third-order valence-electron chi connectivity index (χ3n) is 3.96. The van der Waals surface area contributed by atoms with Crippen molar-refractivity contribution in [3.8, 4) is 0 Å². The number of H-pyrrole nitrogens is 1. The van der Waals surface area contributed by atoms with Gasteiger partial charge in [-0.2, -0.15) is 0 Å². The summed E-state index contributed by atoms with van der Waals surface area (Å²) in [4.78, 5) is 27.2. The van der Waals surface area contributed by atoms with E-state index in [0.29, 0.717) is 34.5 Å². The van der Waals surface area contributed by atoms with Gasteiger partial charge in [-0.1, -0.05) is 13.0 Å². The van der Waals surface area contributed by atoms with Crippen LogP contribution < -0.4 is 5.32 Å². The Labute approximate surface area is 139 Å². The van der Waals surface area contributed by atoms with E-state index in [1.165, 1.54) is 19.1 Å². The van der Waals surface area contributed by atoms with Gasteiger partial charge in [0.25, 0.3) is 5.91 Å². The summed E-state index contributed by atoms with van der Waals surface area (Å²) in [6.07, 6.45) is 0.563. The summed E-state index contributed by atoms with van der Waals surface area (Å²) < 4.78 is 13.4. The van der Waals surface area contributed by atoms with Crippen LogP contribution in [0, 0.1) is 12.7 Å². The zero-order valence-corrected chi connectivity index (χ0v) is 14.0. The lowest BCUT2D eigenvalue weighted by Crippen LogP contribution is -2.24. The molecule has 0 saturated carbocycles. The number of amides is 1. The van der Waals surface area contributed by atoms with Crippen molar-refractivity contribution in [2.24, 2.45) is 0 Å². The van der Waals surface area contributed by atoms with Gasteiger partial charge >= 0.3 is 0 Å². The molecule has 6 heteroatoms. The molecule has 0 aliphatic rings. The number of aliphatic hydroxyl groups is 1. The van der Waals surface area contributed by atoms with Gasteiger partial charge in [0.15, 0.2) is 5.78 Å². The number of hydrogen-bond acceptors (Lipinski definition) is 3. The molecule has 1 heterocycles.